The lowest BCUT2D eigenvalue weighted by molar-refractivity contribution is -0.134. The normalized spacial score (nSPS) is 13.7. The first-order chi connectivity index (χ1) is 10.4. The molecule has 0 aliphatic heterocycles. The monoisotopic (exact) mass is 308 g/mol. The van der Waals surface area contributed by atoms with Crippen molar-refractivity contribution in [1.29, 1.82) is 5.41 Å². The number of nitrogens with one attached hydrogen (secondary N) is 2. The molecule has 1 aromatic rings. The molecule has 1 aliphatic rings. The van der Waals surface area contributed by atoms with E-state index in [0.717, 1.165) is 48.1 Å². The molecule has 0 heterocycles. The van der Waals surface area contributed by atoms with E-state index in [4.69, 9.17) is 30.5 Å². The molecule has 0 bridgehead atoms. The van der Waals surface area contributed by atoms with E-state index in [9.17, 15) is 0 Å². The van der Waals surface area contributed by atoms with Gasteiger partial charge in [-0.25, -0.2) is 5.43 Å². The molecule has 0 amide bonds. The van der Waals surface area contributed by atoms with E-state index in [1.54, 1.807) is 14.2 Å². The van der Waals surface area contributed by atoms with E-state index in [0.29, 0.717) is 0 Å². The van der Waals surface area contributed by atoms with Crippen LogP contribution in [0.1, 0.15) is 24.5 Å². The lowest BCUT2D eigenvalue weighted by Gasteiger charge is -2.11. The van der Waals surface area contributed by atoms with Gasteiger partial charge >= 0.3 is 0 Å². The van der Waals surface area contributed by atoms with E-state index in [-0.39, 0.29) is 5.96 Å². The van der Waals surface area contributed by atoms with Gasteiger partial charge in [0.15, 0.2) is 0 Å². The average molecular weight is 308 g/mol. The Kier molecular flexibility index (Phi) is 6.18. The molecule has 0 aromatic heterocycles. The fourth-order valence-electron chi connectivity index (χ4n) is 2.14. The summed E-state index contributed by atoms with van der Waals surface area (Å²) in [5, 5.41) is 18.7. The smallest absolute Gasteiger partial charge is 0.300 e. The molecular formula is C14H20N4O4. The molecular weight excluding hydrogens is 288 g/mol. The topological polar surface area (TPSA) is 130 Å². The third-order valence-corrected chi connectivity index (χ3v) is 2.88. The second-order valence-electron chi connectivity index (χ2n) is 4.43. The minimum atomic E-state index is -0.833. The van der Waals surface area contributed by atoms with Crippen molar-refractivity contribution in [3.05, 3.63) is 23.3 Å². The SMILES string of the molecule is CC(=O)O.COc1ccc(OC)c2c1CCC2=NNC(=N)N. The summed E-state index contributed by atoms with van der Waals surface area (Å²) in [5.41, 5.74) is 10.5. The second-order valence-corrected chi connectivity index (χ2v) is 4.43. The number of nitrogens with zero attached hydrogens (tertiary/aromatic N) is 1. The fourth-order valence-corrected chi connectivity index (χ4v) is 2.14. The van der Waals surface area contributed by atoms with Gasteiger partial charge in [0, 0.05) is 18.1 Å². The molecule has 0 saturated carbocycles. The van der Waals surface area contributed by atoms with Crippen LogP contribution in [0.2, 0.25) is 0 Å². The summed E-state index contributed by atoms with van der Waals surface area (Å²) in [6.07, 6.45) is 1.61. The standard InChI is InChI=1S/C12H16N4O2.C2H4O2/c1-17-9-5-6-10(18-2)11-7(9)3-4-8(11)15-16-12(13)14;1-2(3)4/h5-6H,3-4H2,1-2H3,(H4,13,14,16);1H3,(H,3,4). The number of hydrazone groups is 1. The Morgan fingerprint density at radius 3 is 2.36 bits per heavy atom. The van der Waals surface area contributed by atoms with Gasteiger partial charge in [-0.3, -0.25) is 10.2 Å². The number of rotatable bonds is 3. The molecule has 0 spiro atoms. The number of carboxylic acid groups (broad SMARTS) is 1. The summed E-state index contributed by atoms with van der Waals surface area (Å²) in [7, 11) is 3.27. The summed E-state index contributed by atoms with van der Waals surface area (Å²) in [5.74, 6) is 0.573. The summed E-state index contributed by atoms with van der Waals surface area (Å²) < 4.78 is 10.7. The number of hydrogen-bond donors (Lipinski definition) is 4. The molecule has 22 heavy (non-hydrogen) atoms. The van der Waals surface area contributed by atoms with Crippen LogP contribution < -0.4 is 20.6 Å². The highest BCUT2D eigenvalue weighted by atomic mass is 16.5. The van der Waals surface area contributed by atoms with Crippen molar-refractivity contribution < 1.29 is 19.4 Å². The molecule has 0 unspecified atom stereocenters. The highest BCUT2D eigenvalue weighted by molar-refractivity contribution is 6.07. The van der Waals surface area contributed by atoms with Crippen LogP contribution >= 0.6 is 0 Å². The number of ether oxygens (including phenoxy) is 2. The summed E-state index contributed by atoms with van der Waals surface area (Å²) in [6, 6.07) is 3.74. The zero-order valence-electron chi connectivity index (χ0n) is 12.8. The number of nitrogens with two attached hydrogens (primary N) is 1. The number of aliphatic carboxylic acids is 1. The Morgan fingerprint density at radius 2 is 1.86 bits per heavy atom. The number of hydrogen-bond acceptors (Lipinski definition) is 5. The first-order valence-corrected chi connectivity index (χ1v) is 6.51. The molecule has 1 aliphatic carbocycles. The van der Waals surface area contributed by atoms with E-state index < -0.39 is 5.97 Å². The van der Waals surface area contributed by atoms with Gasteiger partial charge in [0.2, 0.25) is 5.96 Å². The Labute approximate surface area is 128 Å². The first-order valence-electron chi connectivity index (χ1n) is 6.51. The molecule has 8 heteroatoms. The van der Waals surface area contributed by atoms with Gasteiger partial charge in [0.25, 0.3) is 5.97 Å². The number of carboxylic acids is 1. The molecule has 8 nitrogen and oxygen atoms in total. The number of fused-ring (bicyclic) bond motifs is 1. The third kappa shape index (κ3) is 4.37. The maximum absolute atomic E-state index is 9.00. The summed E-state index contributed by atoms with van der Waals surface area (Å²) >= 11 is 0. The van der Waals surface area contributed by atoms with Gasteiger partial charge in [-0.1, -0.05) is 0 Å². The lowest BCUT2D eigenvalue weighted by atomic mass is 10.1. The molecule has 120 valence electrons. The number of guanidine groups is 1. The van der Waals surface area contributed by atoms with Crippen molar-refractivity contribution in [3.63, 3.8) is 0 Å². The minimum Gasteiger partial charge on any atom is -0.496 e. The highest BCUT2D eigenvalue weighted by Crippen LogP contribution is 2.37. The molecule has 0 atom stereocenters. The van der Waals surface area contributed by atoms with Gasteiger partial charge in [-0.15, -0.1) is 0 Å². The predicted molar refractivity (Wildman–Crippen MR) is 82.8 cm³/mol. The van der Waals surface area contributed by atoms with E-state index in [2.05, 4.69) is 10.5 Å². The van der Waals surface area contributed by atoms with Gasteiger partial charge < -0.3 is 20.3 Å². The van der Waals surface area contributed by atoms with Crippen LogP contribution in [-0.2, 0) is 11.2 Å². The highest BCUT2D eigenvalue weighted by Gasteiger charge is 2.25. The van der Waals surface area contributed by atoms with Crippen LogP contribution in [-0.4, -0.2) is 37.0 Å². The van der Waals surface area contributed by atoms with E-state index >= 15 is 0 Å². The summed E-state index contributed by atoms with van der Waals surface area (Å²) in [6.45, 7) is 1.08. The second kappa shape index (κ2) is 7.87. The van der Waals surface area contributed by atoms with Crippen molar-refractivity contribution in [2.75, 3.05) is 14.2 Å². The van der Waals surface area contributed by atoms with Gasteiger partial charge in [-0.05, 0) is 25.0 Å². The quantitative estimate of drug-likeness (QED) is 0.373. The van der Waals surface area contributed by atoms with Crippen LogP contribution in [0.15, 0.2) is 17.2 Å². The van der Waals surface area contributed by atoms with Crippen molar-refractivity contribution in [2.45, 2.75) is 19.8 Å². The van der Waals surface area contributed by atoms with Crippen molar-refractivity contribution in [3.8, 4) is 11.5 Å². The van der Waals surface area contributed by atoms with E-state index in [1.807, 2.05) is 12.1 Å². The average Bonchev–Trinajstić information content (AvgIpc) is 2.87. The third-order valence-electron chi connectivity index (χ3n) is 2.88. The summed E-state index contributed by atoms with van der Waals surface area (Å²) in [4.78, 5) is 9.00. The van der Waals surface area contributed by atoms with Gasteiger partial charge in [-0.2, -0.15) is 5.10 Å². The van der Waals surface area contributed by atoms with Crippen LogP contribution in [0.25, 0.3) is 0 Å². The number of methoxy groups -OCH3 is 2. The van der Waals surface area contributed by atoms with Crippen molar-refractivity contribution >= 4 is 17.6 Å². The van der Waals surface area contributed by atoms with Crippen LogP contribution in [0.4, 0.5) is 0 Å². The van der Waals surface area contributed by atoms with Crippen LogP contribution in [0.3, 0.4) is 0 Å². The first kappa shape index (κ1) is 17.3. The molecule has 0 fully saturated rings. The Morgan fingerprint density at radius 1 is 1.32 bits per heavy atom. The Bertz CT molecular complexity index is 595. The maximum Gasteiger partial charge on any atom is 0.300 e. The molecule has 1 aromatic carbocycles. The Hall–Kier alpha value is -2.77. The molecule has 0 radical (unpaired) electrons. The number of carbonyl (C=O) groups is 1. The lowest BCUT2D eigenvalue weighted by Crippen LogP contribution is -2.26. The fraction of sp³-hybridized carbons (Fsp3) is 0.357. The molecule has 0 saturated heterocycles. The van der Waals surface area contributed by atoms with Crippen molar-refractivity contribution in [2.24, 2.45) is 10.8 Å². The zero-order valence-corrected chi connectivity index (χ0v) is 12.8. The maximum atomic E-state index is 9.00. The zero-order chi connectivity index (χ0) is 16.7. The predicted octanol–water partition coefficient (Wildman–Crippen LogP) is 0.928. The Balaban J connectivity index is 0.000000541. The minimum absolute atomic E-state index is 0.183. The molecule has 2 rings (SSSR count). The largest absolute Gasteiger partial charge is 0.496 e. The van der Waals surface area contributed by atoms with Crippen LogP contribution in [0.5, 0.6) is 11.5 Å². The number of benzene rings is 1. The van der Waals surface area contributed by atoms with Gasteiger partial charge in [0.1, 0.15) is 11.5 Å². The molecule has 5 N–H and O–H groups in total. The van der Waals surface area contributed by atoms with Crippen molar-refractivity contribution in [1.82, 2.24) is 5.43 Å². The van der Waals surface area contributed by atoms with Crippen LogP contribution in [0, 0.1) is 5.41 Å². The van der Waals surface area contributed by atoms with E-state index in [1.165, 1.54) is 0 Å². The van der Waals surface area contributed by atoms with Gasteiger partial charge in [0.05, 0.1) is 19.9 Å².